The third-order valence-electron chi connectivity index (χ3n) is 4.85. The highest BCUT2D eigenvalue weighted by Gasteiger charge is 2.26. The van der Waals surface area contributed by atoms with Crippen LogP contribution in [0.5, 0.6) is 11.5 Å². The Balaban J connectivity index is 1.45. The molecule has 2 amide bonds. The van der Waals surface area contributed by atoms with Crippen molar-refractivity contribution in [3.8, 4) is 11.5 Å². The van der Waals surface area contributed by atoms with Crippen LogP contribution >= 0.6 is 15.9 Å². The van der Waals surface area contributed by atoms with Crippen LogP contribution in [0.15, 0.2) is 71.2 Å². The number of benzene rings is 3. The van der Waals surface area contributed by atoms with Gasteiger partial charge >= 0.3 is 0 Å². The van der Waals surface area contributed by atoms with Gasteiger partial charge in [-0.25, -0.2) is 0 Å². The standard InChI is InChI=1S/C24H21BrN2O4/c1-16-5-4-6-18(13-16)30-12-11-27-21-10-9-17(14-22(21)31-15-23(27)28)26-24(29)19-7-2-3-8-20(19)25/h2-10,13-14H,11-12,15H2,1H3,(H,26,29). The molecule has 4 rings (SSSR count). The van der Waals surface area contributed by atoms with Crippen molar-refractivity contribution in [1.29, 1.82) is 0 Å². The Morgan fingerprint density at radius 3 is 2.77 bits per heavy atom. The second-order valence-electron chi connectivity index (χ2n) is 7.12. The number of aryl methyl sites for hydroxylation is 1. The first-order chi connectivity index (χ1) is 15.0. The van der Waals surface area contributed by atoms with E-state index in [2.05, 4.69) is 21.2 Å². The summed E-state index contributed by atoms with van der Waals surface area (Å²) in [6.45, 7) is 2.70. The van der Waals surface area contributed by atoms with Crippen molar-refractivity contribution in [1.82, 2.24) is 0 Å². The monoisotopic (exact) mass is 480 g/mol. The van der Waals surface area contributed by atoms with Crippen molar-refractivity contribution in [2.24, 2.45) is 0 Å². The van der Waals surface area contributed by atoms with Gasteiger partial charge in [-0.1, -0.05) is 24.3 Å². The Morgan fingerprint density at radius 2 is 1.97 bits per heavy atom. The number of fused-ring (bicyclic) bond motifs is 1. The quantitative estimate of drug-likeness (QED) is 0.549. The molecule has 3 aromatic carbocycles. The third kappa shape index (κ3) is 4.88. The van der Waals surface area contributed by atoms with Crippen molar-refractivity contribution in [3.63, 3.8) is 0 Å². The maximum absolute atomic E-state index is 12.6. The minimum Gasteiger partial charge on any atom is -0.492 e. The number of carbonyl (C=O) groups excluding carboxylic acids is 2. The predicted molar refractivity (Wildman–Crippen MR) is 123 cm³/mol. The lowest BCUT2D eigenvalue weighted by Crippen LogP contribution is -2.41. The van der Waals surface area contributed by atoms with Crippen molar-refractivity contribution in [2.75, 3.05) is 30.0 Å². The zero-order valence-electron chi connectivity index (χ0n) is 16.9. The molecule has 0 spiro atoms. The average molecular weight is 481 g/mol. The van der Waals surface area contributed by atoms with Gasteiger partial charge < -0.3 is 19.7 Å². The lowest BCUT2D eigenvalue weighted by atomic mass is 10.2. The average Bonchev–Trinajstić information content (AvgIpc) is 2.75. The van der Waals surface area contributed by atoms with E-state index in [1.54, 1.807) is 35.2 Å². The second-order valence-corrected chi connectivity index (χ2v) is 7.97. The maximum atomic E-state index is 12.6. The van der Waals surface area contributed by atoms with Crippen molar-refractivity contribution in [2.45, 2.75) is 6.92 Å². The van der Waals surface area contributed by atoms with Crippen LogP contribution in [0.2, 0.25) is 0 Å². The van der Waals surface area contributed by atoms with Gasteiger partial charge in [-0.2, -0.15) is 0 Å². The van der Waals surface area contributed by atoms with E-state index < -0.39 is 0 Å². The molecule has 1 aliphatic heterocycles. The number of halogens is 1. The molecule has 0 atom stereocenters. The molecule has 0 aromatic heterocycles. The predicted octanol–water partition coefficient (Wildman–Crippen LogP) is 4.81. The Kier molecular flexibility index (Phi) is 6.23. The summed E-state index contributed by atoms with van der Waals surface area (Å²) in [5, 5.41) is 2.87. The first-order valence-electron chi connectivity index (χ1n) is 9.84. The summed E-state index contributed by atoms with van der Waals surface area (Å²) in [6.07, 6.45) is 0. The molecule has 0 saturated carbocycles. The summed E-state index contributed by atoms with van der Waals surface area (Å²) in [6, 6.07) is 20.2. The molecule has 0 saturated heterocycles. The van der Waals surface area contributed by atoms with Crippen LogP contribution in [-0.4, -0.2) is 31.6 Å². The van der Waals surface area contributed by atoms with Crippen LogP contribution in [0, 0.1) is 6.92 Å². The first-order valence-corrected chi connectivity index (χ1v) is 10.6. The summed E-state index contributed by atoms with van der Waals surface area (Å²) >= 11 is 3.39. The molecular weight excluding hydrogens is 460 g/mol. The van der Waals surface area contributed by atoms with Gasteiger partial charge in [0.05, 0.1) is 17.8 Å². The van der Waals surface area contributed by atoms with Gasteiger partial charge in [-0.15, -0.1) is 0 Å². The molecule has 0 fully saturated rings. The van der Waals surface area contributed by atoms with Crippen LogP contribution in [-0.2, 0) is 4.79 Å². The zero-order valence-corrected chi connectivity index (χ0v) is 18.5. The number of nitrogens with one attached hydrogen (secondary N) is 1. The number of hydrogen-bond donors (Lipinski definition) is 1. The number of ether oxygens (including phenoxy) is 2. The van der Waals surface area contributed by atoms with Gasteiger partial charge in [-0.05, 0) is 64.8 Å². The van der Waals surface area contributed by atoms with E-state index in [0.29, 0.717) is 40.3 Å². The fourth-order valence-corrected chi connectivity index (χ4v) is 3.80. The summed E-state index contributed by atoms with van der Waals surface area (Å²) in [7, 11) is 0. The SMILES string of the molecule is Cc1cccc(OCCN2C(=O)COc3cc(NC(=O)c4ccccc4Br)ccc32)c1. The third-order valence-corrected chi connectivity index (χ3v) is 5.54. The molecule has 1 N–H and O–H groups in total. The topological polar surface area (TPSA) is 67.9 Å². The molecule has 0 radical (unpaired) electrons. The number of hydrogen-bond acceptors (Lipinski definition) is 4. The summed E-state index contributed by atoms with van der Waals surface area (Å²) < 4.78 is 12.1. The summed E-state index contributed by atoms with van der Waals surface area (Å²) in [5.41, 5.74) is 2.89. The number of carbonyl (C=O) groups is 2. The normalized spacial score (nSPS) is 12.7. The fourth-order valence-electron chi connectivity index (χ4n) is 3.33. The Hall–Kier alpha value is -3.32. The van der Waals surface area contributed by atoms with Crippen molar-refractivity contribution < 1.29 is 19.1 Å². The first kappa shape index (κ1) is 20.9. The van der Waals surface area contributed by atoms with Crippen LogP contribution in [0.4, 0.5) is 11.4 Å². The molecule has 0 bridgehead atoms. The van der Waals surface area contributed by atoms with Crippen LogP contribution in [0.1, 0.15) is 15.9 Å². The van der Waals surface area contributed by atoms with E-state index in [0.717, 1.165) is 11.3 Å². The smallest absolute Gasteiger partial charge is 0.265 e. The van der Waals surface area contributed by atoms with Gasteiger partial charge in [0, 0.05) is 16.2 Å². The molecule has 6 nitrogen and oxygen atoms in total. The van der Waals surface area contributed by atoms with E-state index in [-0.39, 0.29) is 18.4 Å². The van der Waals surface area contributed by atoms with E-state index >= 15 is 0 Å². The van der Waals surface area contributed by atoms with E-state index in [4.69, 9.17) is 9.47 Å². The van der Waals surface area contributed by atoms with Gasteiger partial charge in [0.1, 0.15) is 18.1 Å². The van der Waals surface area contributed by atoms with E-state index in [1.165, 1.54) is 0 Å². The minimum atomic E-state index is -0.234. The Labute approximate surface area is 188 Å². The number of amides is 2. The largest absolute Gasteiger partial charge is 0.492 e. The Bertz CT molecular complexity index is 1130. The number of rotatable bonds is 6. The lowest BCUT2D eigenvalue weighted by Gasteiger charge is -2.29. The molecule has 7 heteroatoms. The van der Waals surface area contributed by atoms with Crippen LogP contribution in [0.3, 0.4) is 0 Å². The molecule has 31 heavy (non-hydrogen) atoms. The highest BCUT2D eigenvalue weighted by Crippen LogP contribution is 2.34. The highest BCUT2D eigenvalue weighted by molar-refractivity contribution is 9.10. The number of nitrogens with zero attached hydrogens (tertiary/aromatic N) is 1. The molecule has 3 aromatic rings. The van der Waals surface area contributed by atoms with Gasteiger partial charge in [0.25, 0.3) is 11.8 Å². The lowest BCUT2D eigenvalue weighted by molar-refractivity contribution is -0.121. The molecule has 0 unspecified atom stereocenters. The highest BCUT2D eigenvalue weighted by atomic mass is 79.9. The van der Waals surface area contributed by atoms with Gasteiger partial charge in [-0.3, -0.25) is 9.59 Å². The molecule has 1 heterocycles. The fraction of sp³-hybridized carbons (Fsp3) is 0.167. The second kappa shape index (κ2) is 9.22. The van der Waals surface area contributed by atoms with Crippen molar-refractivity contribution in [3.05, 3.63) is 82.3 Å². The number of anilines is 2. The summed E-state index contributed by atoms with van der Waals surface area (Å²) in [5.74, 6) is 0.944. The molecule has 1 aliphatic rings. The molecular formula is C24H21BrN2O4. The van der Waals surface area contributed by atoms with E-state index in [9.17, 15) is 9.59 Å². The van der Waals surface area contributed by atoms with Gasteiger partial charge in [0.15, 0.2) is 6.61 Å². The zero-order chi connectivity index (χ0) is 21.8. The van der Waals surface area contributed by atoms with Crippen LogP contribution in [0.25, 0.3) is 0 Å². The molecule has 0 aliphatic carbocycles. The van der Waals surface area contributed by atoms with Gasteiger partial charge in [0.2, 0.25) is 0 Å². The minimum absolute atomic E-state index is 0.0565. The summed E-state index contributed by atoms with van der Waals surface area (Å²) in [4.78, 5) is 26.6. The Morgan fingerprint density at radius 1 is 1.13 bits per heavy atom. The van der Waals surface area contributed by atoms with Crippen molar-refractivity contribution >= 4 is 39.1 Å². The van der Waals surface area contributed by atoms with Crippen LogP contribution < -0.4 is 19.7 Å². The van der Waals surface area contributed by atoms with E-state index in [1.807, 2.05) is 43.3 Å². The molecule has 158 valence electrons. The maximum Gasteiger partial charge on any atom is 0.265 e.